The van der Waals surface area contributed by atoms with Gasteiger partial charge < -0.3 is 19.5 Å². The van der Waals surface area contributed by atoms with Gasteiger partial charge >= 0.3 is 6.18 Å². The van der Waals surface area contributed by atoms with Crippen LogP contribution in [-0.4, -0.2) is 68.7 Å². The molecule has 1 aliphatic rings. The Bertz CT molecular complexity index is 851. The molecule has 1 saturated heterocycles. The third-order valence-corrected chi connectivity index (χ3v) is 5.73. The van der Waals surface area contributed by atoms with Crippen LogP contribution in [0, 0.1) is 0 Å². The van der Waals surface area contributed by atoms with Crippen LogP contribution < -0.4 is 9.64 Å². The second-order valence-electron chi connectivity index (χ2n) is 8.64. The Morgan fingerprint density at radius 3 is 2.30 bits per heavy atom. The van der Waals surface area contributed by atoms with Crippen LogP contribution in [0.5, 0.6) is 5.75 Å². The lowest BCUT2D eigenvalue weighted by Crippen LogP contribution is -2.49. The first kappa shape index (κ1) is 25.3. The summed E-state index contributed by atoms with van der Waals surface area (Å²) in [5, 5.41) is 10.3. The van der Waals surface area contributed by atoms with Crippen molar-refractivity contribution in [1.82, 2.24) is 4.90 Å². The zero-order valence-corrected chi connectivity index (χ0v) is 19.2. The fourth-order valence-corrected chi connectivity index (χ4v) is 3.81. The van der Waals surface area contributed by atoms with Crippen LogP contribution in [0.4, 0.5) is 18.9 Å². The van der Waals surface area contributed by atoms with Gasteiger partial charge in [-0.3, -0.25) is 4.90 Å². The van der Waals surface area contributed by atoms with Crippen LogP contribution in [0.2, 0.25) is 0 Å². The van der Waals surface area contributed by atoms with Crippen molar-refractivity contribution in [2.75, 3.05) is 57.4 Å². The summed E-state index contributed by atoms with van der Waals surface area (Å²) in [4.78, 5) is 4.05. The highest BCUT2D eigenvalue weighted by Gasteiger charge is 2.31. The number of β-amino-alcohol motifs (C(OH)–C–C–N with tert-alkyl or cyclic N) is 1. The average Bonchev–Trinajstić information content (AvgIpc) is 2.79. The maximum absolute atomic E-state index is 12.9. The summed E-state index contributed by atoms with van der Waals surface area (Å²) >= 11 is 0. The summed E-state index contributed by atoms with van der Waals surface area (Å²) in [5.41, 5.74) is 1.20. The van der Waals surface area contributed by atoms with Crippen molar-refractivity contribution in [3.05, 3.63) is 59.7 Å². The minimum atomic E-state index is -4.34. The van der Waals surface area contributed by atoms with E-state index in [1.54, 1.807) is 6.07 Å². The molecule has 5 nitrogen and oxygen atoms in total. The zero-order valence-electron chi connectivity index (χ0n) is 19.2. The van der Waals surface area contributed by atoms with E-state index >= 15 is 0 Å². The van der Waals surface area contributed by atoms with Crippen molar-refractivity contribution < 1.29 is 27.8 Å². The molecule has 0 saturated carbocycles. The quantitative estimate of drug-likeness (QED) is 0.526. The Labute approximate surface area is 193 Å². The first-order chi connectivity index (χ1) is 15.7. The van der Waals surface area contributed by atoms with E-state index in [1.807, 2.05) is 17.0 Å². The number of rotatable bonds is 10. The number of aliphatic hydroxyl groups is 1. The first-order valence-corrected chi connectivity index (χ1v) is 11.4. The Morgan fingerprint density at radius 1 is 0.970 bits per heavy atom. The van der Waals surface area contributed by atoms with Crippen molar-refractivity contribution in [3.8, 4) is 5.75 Å². The molecule has 2 aromatic carbocycles. The number of piperazine rings is 1. The van der Waals surface area contributed by atoms with Crippen molar-refractivity contribution in [2.24, 2.45) is 0 Å². The molecule has 8 heteroatoms. The molecule has 1 N–H and O–H groups in total. The van der Waals surface area contributed by atoms with Gasteiger partial charge in [0, 0.05) is 38.4 Å². The number of anilines is 1. The summed E-state index contributed by atoms with van der Waals surface area (Å²) in [7, 11) is 0. The number of aliphatic hydroxyl groups excluding tert-OH is 1. The monoisotopic (exact) mass is 466 g/mol. The SMILES string of the molecule is CC(C)c1ccc(OCCOC[C@H](O)CN2CCN(c3cccc(C(F)(F)F)c3)CC2)cc1. The van der Waals surface area contributed by atoms with E-state index in [9.17, 15) is 18.3 Å². The van der Waals surface area contributed by atoms with Crippen LogP contribution >= 0.6 is 0 Å². The lowest BCUT2D eigenvalue weighted by molar-refractivity contribution is -0.137. The van der Waals surface area contributed by atoms with Crippen molar-refractivity contribution in [3.63, 3.8) is 0 Å². The first-order valence-electron chi connectivity index (χ1n) is 11.4. The second-order valence-corrected chi connectivity index (χ2v) is 8.64. The Hall–Kier alpha value is -2.29. The number of benzene rings is 2. The summed E-state index contributed by atoms with van der Waals surface area (Å²) in [6.45, 7) is 8.31. The van der Waals surface area contributed by atoms with Gasteiger partial charge in [-0.25, -0.2) is 0 Å². The number of alkyl halides is 3. The van der Waals surface area contributed by atoms with E-state index < -0.39 is 17.8 Å². The topological polar surface area (TPSA) is 45.2 Å². The van der Waals surface area contributed by atoms with E-state index in [2.05, 4.69) is 30.9 Å². The van der Waals surface area contributed by atoms with Gasteiger partial charge in [-0.1, -0.05) is 32.0 Å². The molecule has 0 aliphatic carbocycles. The fraction of sp³-hybridized carbons (Fsp3) is 0.520. The zero-order chi connectivity index (χ0) is 23.8. The predicted octanol–water partition coefficient (Wildman–Crippen LogP) is 4.41. The highest BCUT2D eigenvalue weighted by atomic mass is 19.4. The summed E-state index contributed by atoms with van der Waals surface area (Å²) in [6, 6.07) is 13.4. The van der Waals surface area contributed by atoms with Gasteiger partial charge in [0.1, 0.15) is 12.4 Å². The summed E-state index contributed by atoms with van der Waals surface area (Å²) < 4.78 is 50.0. The van der Waals surface area contributed by atoms with Crippen LogP contribution in [0.3, 0.4) is 0 Å². The third-order valence-electron chi connectivity index (χ3n) is 5.73. The molecule has 0 aromatic heterocycles. The lowest BCUT2D eigenvalue weighted by Gasteiger charge is -2.37. The molecule has 0 bridgehead atoms. The number of halogens is 3. The third kappa shape index (κ3) is 7.91. The Kier molecular flexibility index (Phi) is 9.00. The molecular weight excluding hydrogens is 433 g/mol. The molecule has 1 heterocycles. The molecule has 0 spiro atoms. The minimum absolute atomic E-state index is 0.212. The van der Waals surface area contributed by atoms with Gasteiger partial charge in [-0.05, 0) is 41.8 Å². The number of nitrogens with zero attached hydrogens (tertiary/aromatic N) is 2. The van der Waals surface area contributed by atoms with E-state index in [1.165, 1.54) is 17.7 Å². The molecule has 2 aromatic rings. The van der Waals surface area contributed by atoms with Gasteiger partial charge in [0.05, 0.1) is 24.9 Å². The molecule has 1 fully saturated rings. The minimum Gasteiger partial charge on any atom is -0.491 e. The molecule has 33 heavy (non-hydrogen) atoms. The Morgan fingerprint density at radius 2 is 1.67 bits per heavy atom. The maximum Gasteiger partial charge on any atom is 0.416 e. The van der Waals surface area contributed by atoms with Crippen molar-refractivity contribution in [1.29, 1.82) is 0 Å². The maximum atomic E-state index is 12.9. The standard InChI is InChI=1S/C25H33F3N2O3/c1-19(2)20-6-8-24(9-7-20)33-15-14-32-18-23(31)17-29-10-12-30(13-11-29)22-5-3-4-21(16-22)25(26,27)28/h3-9,16,19,23,31H,10-15,17-18H2,1-2H3/t23-/m1/s1. The van der Waals surface area contributed by atoms with Gasteiger partial charge in [-0.15, -0.1) is 0 Å². The fourth-order valence-electron chi connectivity index (χ4n) is 3.81. The second kappa shape index (κ2) is 11.7. The highest BCUT2D eigenvalue weighted by molar-refractivity contribution is 5.49. The van der Waals surface area contributed by atoms with Gasteiger partial charge in [0.2, 0.25) is 0 Å². The number of hydrogen-bond acceptors (Lipinski definition) is 5. The molecule has 3 rings (SSSR count). The highest BCUT2D eigenvalue weighted by Crippen LogP contribution is 2.31. The van der Waals surface area contributed by atoms with Gasteiger partial charge in [0.15, 0.2) is 0 Å². The average molecular weight is 467 g/mol. The number of ether oxygens (including phenoxy) is 2. The molecule has 0 amide bonds. The van der Waals surface area contributed by atoms with Crippen molar-refractivity contribution >= 4 is 5.69 Å². The van der Waals surface area contributed by atoms with Crippen LogP contribution in [0.15, 0.2) is 48.5 Å². The molecule has 1 atom stereocenters. The largest absolute Gasteiger partial charge is 0.491 e. The Balaban J connectivity index is 1.31. The predicted molar refractivity (Wildman–Crippen MR) is 123 cm³/mol. The van der Waals surface area contributed by atoms with Crippen LogP contribution in [0.1, 0.15) is 30.9 Å². The van der Waals surface area contributed by atoms with Gasteiger partial charge in [-0.2, -0.15) is 13.2 Å². The van der Waals surface area contributed by atoms with Crippen LogP contribution in [0.25, 0.3) is 0 Å². The molecular formula is C25H33F3N2O3. The van der Waals surface area contributed by atoms with Gasteiger partial charge in [0.25, 0.3) is 0 Å². The molecule has 0 unspecified atom stereocenters. The normalized spacial score (nSPS) is 16.3. The smallest absolute Gasteiger partial charge is 0.416 e. The number of hydrogen-bond donors (Lipinski definition) is 1. The summed E-state index contributed by atoms with van der Waals surface area (Å²) in [6.07, 6.45) is -4.97. The molecule has 1 aliphatic heterocycles. The van der Waals surface area contributed by atoms with E-state index in [-0.39, 0.29) is 6.61 Å². The van der Waals surface area contributed by atoms with E-state index in [0.29, 0.717) is 57.5 Å². The lowest BCUT2D eigenvalue weighted by atomic mass is 10.0. The van der Waals surface area contributed by atoms with E-state index in [0.717, 1.165) is 11.8 Å². The summed E-state index contributed by atoms with van der Waals surface area (Å²) in [5.74, 6) is 1.27. The van der Waals surface area contributed by atoms with Crippen molar-refractivity contribution in [2.45, 2.75) is 32.0 Å². The molecule has 182 valence electrons. The van der Waals surface area contributed by atoms with Crippen LogP contribution in [-0.2, 0) is 10.9 Å². The molecule has 0 radical (unpaired) electrons. The van der Waals surface area contributed by atoms with E-state index in [4.69, 9.17) is 9.47 Å².